The maximum atomic E-state index is 12.5. The summed E-state index contributed by atoms with van der Waals surface area (Å²) >= 11 is 6.09. The van der Waals surface area contributed by atoms with Gasteiger partial charge in [-0.25, -0.2) is 9.97 Å². The number of carbonyl (C=O) groups is 1. The van der Waals surface area contributed by atoms with Crippen LogP contribution < -0.4 is 4.74 Å². The number of rotatable bonds is 3. The van der Waals surface area contributed by atoms with Crippen molar-refractivity contribution in [3.05, 3.63) is 53.4 Å². The maximum absolute atomic E-state index is 12.5. The molecule has 1 aromatic heterocycles. The third kappa shape index (κ3) is 3.36. The molecule has 1 aliphatic rings. The van der Waals surface area contributed by atoms with Gasteiger partial charge in [0.15, 0.2) is 0 Å². The van der Waals surface area contributed by atoms with Crippen LogP contribution in [0.25, 0.3) is 0 Å². The van der Waals surface area contributed by atoms with Crippen molar-refractivity contribution in [2.24, 2.45) is 0 Å². The molecule has 1 saturated heterocycles. The molecule has 1 amide bonds. The SMILES string of the molecule is O=C(c1ccccc1Cl)N1CCC(Oc2ccncn2)CC1. The van der Waals surface area contributed by atoms with Gasteiger partial charge in [0.25, 0.3) is 5.91 Å². The van der Waals surface area contributed by atoms with E-state index in [1.54, 1.807) is 24.4 Å². The first-order chi connectivity index (χ1) is 10.7. The van der Waals surface area contributed by atoms with Gasteiger partial charge in [-0.2, -0.15) is 0 Å². The highest BCUT2D eigenvalue weighted by Crippen LogP contribution is 2.21. The molecule has 0 spiro atoms. The quantitative estimate of drug-likeness (QED) is 0.873. The first-order valence-corrected chi connectivity index (χ1v) is 7.58. The number of benzene rings is 1. The standard InChI is InChI=1S/C16H16ClN3O2/c17-14-4-2-1-3-13(14)16(21)20-9-6-12(7-10-20)22-15-5-8-18-11-19-15/h1-5,8,11-12H,6-7,9-10H2. The molecular weight excluding hydrogens is 302 g/mol. The van der Waals surface area contributed by atoms with Crippen LogP contribution in [-0.2, 0) is 0 Å². The van der Waals surface area contributed by atoms with Crippen LogP contribution >= 0.6 is 11.6 Å². The molecule has 6 heteroatoms. The highest BCUT2D eigenvalue weighted by Gasteiger charge is 2.25. The van der Waals surface area contributed by atoms with Crippen molar-refractivity contribution in [2.75, 3.05) is 13.1 Å². The normalized spacial score (nSPS) is 15.6. The molecule has 114 valence electrons. The van der Waals surface area contributed by atoms with E-state index in [1.807, 2.05) is 17.0 Å². The summed E-state index contributed by atoms with van der Waals surface area (Å²) in [7, 11) is 0. The van der Waals surface area contributed by atoms with Crippen LogP contribution in [0.15, 0.2) is 42.9 Å². The van der Waals surface area contributed by atoms with E-state index >= 15 is 0 Å². The van der Waals surface area contributed by atoms with Gasteiger partial charge in [0.05, 0.1) is 10.6 Å². The van der Waals surface area contributed by atoms with Gasteiger partial charge in [-0.05, 0) is 12.1 Å². The molecule has 0 N–H and O–H groups in total. The van der Waals surface area contributed by atoms with Crippen molar-refractivity contribution in [3.63, 3.8) is 0 Å². The monoisotopic (exact) mass is 317 g/mol. The average Bonchev–Trinajstić information content (AvgIpc) is 2.56. The fraction of sp³-hybridized carbons (Fsp3) is 0.312. The van der Waals surface area contributed by atoms with Crippen molar-refractivity contribution < 1.29 is 9.53 Å². The van der Waals surface area contributed by atoms with Crippen LogP contribution in [0.2, 0.25) is 5.02 Å². The number of nitrogens with zero attached hydrogens (tertiary/aromatic N) is 3. The van der Waals surface area contributed by atoms with Crippen LogP contribution in [0.1, 0.15) is 23.2 Å². The Hall–Kier alpha value is -2.14. The van der Waals surface area contributed by atoms with Gasteiger partial charge in [0.2, 0.25) is 5.88 Å². The minimum Gasteiger partial charge on any atom is -0.474 e. The largest absolute Gasteiger partial charge is 0.474 e. The number of likely N-dealkylation sites (tertiary alicyclic amines) is 1. The predicted molar refractivity (Wildman–Crippen MR) is 83.0 cm³/mol. The molecule has 0 saturated carbocycles. The lowest BCUT2D eigenvalue weighted by molar-refractivity contribution is 0.0588. The number of hydrogen-bond acceptors (Lipinski definition) is 4. The van der Waals surface area contributed by atoms with Crippen LogP contribution in [-0.4, -0.2) is 40.0 Å². The summed E-state index contributed by atoms with van der Waals surface area (Å²) in [5.41, 5.74) is 0.555. The second-order valence-electron chi connectivity index (χ2n) is 5.14. The molecule has 1 aromatic carbocycles. The number of piperidine rings is 1. The minimum absolute atomic E-state index is 0.0221. The zero-order valence-electron chi connectivity index (χ0n) is 12.0. The van der Waals surface area contributed by atoms with Gasteiger partial charge < -0.3 is 9.64 Å². The zero-order valence-corrected chi connectivity index (χ0v) is 12.7. The van der Waals surface area contributed by atoms with Gasteiger partial charge in [-0.1, -0.05) is 23.7 Å². The van der Waals surface area contributed by atoms with E-state index in [-0.39, 0.29) is 12.0 Å². The summed E-state index contributed by atoms with van der Waals surface area (Å²) in [5.74, 6) is 0.553. The third-order valence-electron chi connectivity index (χ3n) is 3.68. The van der Waals surface area contributed by atoms with E-state index in [0.717, 1.165) is 12.8 Å². The Bertz CT molecular complexity index is 643. The number of carbonyl (C=O) groups excluding carboxylic acids is 1. The topological polar surface area (TPSA) is 55.3 Å². The van der Waals surface area contributed by atoms with E-state index in [2.05, 4.69) is 9.97 Å². The summed E-state index contributed by atoms with van der Waals surface area (Å²) in [5, 5.41) is 0.492. The molecule has 2 heterocycles. The van der Waals surface area contributed by atoms with Gasteiger partial charge in [-0.15, -0.1) is 0 Å². The lowest BCUT2D eigenvalue weighted by atomic mass is 10.1. The van der Waals surface area contributed by atoms with E-state index in [4.69, 9.17) is 16.3 Å². The summed E-state index contributed by atoms with van der Waals surface area (Å²) in [6.07, 6.45) is 4.75. The Morgan fingerprint density at radius 3 is 2.68 bits per heavy atom. The highest BCUT2D eigenvalue weighted by molar-refractivity contribution is 6.33. The number of hydrogen-bond donors (Lipinski definition) is 0. The molecule has 1 aliphatic heterocycles. The molecule has 2 aromatic rings. The Balaban J connectivity index is 1.58. The zero-order chi connectivity index (χ0) is 15.4. The molecule has 1 fully saturated rings. The van der Waals surface area contributed by atoms with Crippen molar-refractivity contribution in [1.29, 1.82) is 0 Å². The molecule has 22 heavy (non-hydrogen) atoms. The Morgan fingerprint density at radius 1 is 1.23 bits per heavy atom. The second-order valence-corrected chi connectivity index (χ2v) is 5.54. The van der Waals surface area contributed by atoms with Gasteiger partial charge in [-0.3, -0.25) is 4.79 Å². The summed E-state index contributed by atoms with van der Waals surface area (Å²) in [6.45, 7) is 1.31. The fourth-order valence-corrected chi connectivity index (χ4v) is 2.72. The summed E-state index contributed by atoms with van der Waals surface area (Å²) in [4.78, 5) is 22.2. The van der Waals surface area contributed by atoms with Crippen LogP contribution in [0.5, 0.6) is 5.88 Å². The first-order valence-electron chi connectivity index (χ1n) is 7.20. The van der Waals surface area contributed by atoms with Crippen LogP contribution in [0.3, 0.4) is 0 Å². The average molecular weight is 318 g/mol. The first kappa shape index (κ1) is 14.8. The van der Waals surface area contributed by atoms with Gasteiger partial charge in [0.1, 0.15) is 12.4 Å². The van der Waals surface area contributed by atoms with E-state index in [0.29, 0.717) is 29.6 Å². The second kappa shape index (κ2) is 6.75. The predicted octanol–water partition coefficient (Wildman–Crippen LogP) is 2.81. The van der Waals surface area contributed by atoms with Gasteiger partial charge in [0, 0.05) is 38.2 Å². The van der Waals surface area contributed by atoms with Crippen molar-refractivity contribution in [2.45, 2.75) is 18.9 Å². The van der Waals surface area contributed by atoms with E-state index < -0.39 is 0 Å². The Labute approximate surface area is 133 Å². The summed E-state index contributed by atoms with van der Waals surface area (Å²) < 4.78 is 5.80. The summed E-state index contributed by atoms with van der Waals surface area (Å²) in [6, 6.07) is 8.88. The molecule has 0 aliphatic carbocycles. The number of aromatic nitrogens is 2. The van der Waals surface area contributed by atoms with Crippen LogP contribution in [0.4, 0.5) is 0 Å². The number of ether oxygens (including phenoxy) is 1. The lowest BCUT2D eigenvalue weighted by Crippen LogP contribution is -2.41. The molecule has 0 bridgehead atoms. The Kier molecular flexibility index (Phi) is 4.53. The van der Waals surface area contributed by atoms with Gasteiger partial charge >= 0.3 is 0 Å². The molecule has 0 atom stereocenters. The molecule has 0 unspecified atom stereocenters. The molecule has 3 rings (SSSR count). The van der Waals surface area contributed by atoms with Crippen molar-refractivity contribution in [3.8, 4) is 5.88 Å². The number of halogens is 1. The molecule has 0 radical (unpaired) electrons. The number of amides is 1. The smallest absolute Gasteiger partial charge is 0.255 e. The maximum Gasteiger partial charge on any atom is 0.255 e. The third-order valence-corrected chi connectivity index (χ3v) is 4.01. The van der Waals surface area contributed by atoms with Crippen LogP contribution in [0, 0.1) is 0 Å². The molecular formula is C16H16ClN3O2. The highest BCUT2D eigenvalue weighted by atomic mass is 35.5. The van der Waals surface area contributed by atoms with E-state index in [9.17, 15) is 4.79 Å². The molecule has 5 nitrogen and oxygen atoms in total. The lowest BCUT2D eigenvalue weighted by Gasteiger charge is -2.32. The fourth-order valence-electron chi connectivity index (χ4n) is 2.50. The minimum atomic E-state index is -0.0221. The Morgan fingerprint density at radius 2 is 2.00 bits per heavy atom. The van der Waals surface area contributed by atoms with E-state index in [1.165, 1.54) is 6.33 Å². The van der Waals surface area contributed by atoms with Crippen molar-refractivity contribution >= 4 is 17.5 Å². The van der Waals surface area contributed by atoms with Crippen molar-refractivity contribution in [1.82, 2.24) is 14.9 Å².